The Kier molecular flexibility index (Phi) is 8.24. The molecule has 188 valence electrons. The van der Waals surface area contributed by atoms with Gasteiger partial charge in [0.2, 0.25) is 5.95 Å². The largest absolute Gasteiger partial charge is 0.508 e. The zero-order valence-electron chi connectivity index (χ0n) is 19.4. The van der Waals surface area contributed by atoms with E-state index >= 15 is 0 Å². The number of phenolic OH excluding ortho intramolecular Hbond substituents is 2. The van der Waals surface area contributed by atoms with E-state index in [-0.39, 0.29) is 17.4 Å². The van der Waals surface area contributed by atoms with Crippen LogP contribution in [-0.2, 0) is 0 Å². The summed E-state index contributed by atoms with van der Waals surface area (Å²) in [5.74, 6) is 1.68. The molecule has 0 aliphatic rings. The third-order valence-electron chi connectivity index (χ3n) is 4.81. The lowest BCUT2D eigenvalue weighted by molar-refractivity contribution is 0.417. The number of hydrazone groups is 2. The van der Waals surface area contributed by atoms with Crippen LogP contribution in [0.5, 0.6) is 17.2 Å². The summed E-state index contributed by atoms with van der Waals surface area (Å²) in [7, 11) is 1.58. The van der Waals surface area contributed by atoms with Gasteiger partial charge in [-0.2, -0.15) is 20.2 Å². The fourth-order valence-electron chi connectivity index (χ4n) is 3.07. The van der Waals surface area contributed by atoms with Crippen molar-refractivity contribution in [3.63, 3.8) is 0 Å². The number of hydrogen-bond acceptors (Lipinski definition) is 10. The summed E-state index contributed by atoms with van der Waals surface area (Å²) >= 11 is 12.3. The minimum Gasteiger partial charge on any atom is -0.508 e. The predicted octanol–water partition coefficient (Wildman–Crippen LogP) is 5.84. The lowest BCUT2D eigenvalue weighted by atomic mass is 10.2. The van der Waals surface area contributed by atoms with Crippen LogP contribution < -0.4 is 20.9 Å². The van der Waals surface area contributed by atoms with Gasteiger partial charge in [-0.1, -0.05) is 35.3 Å². The summed E-state index contributed by atoms with van der Waals surface area (Å²) in [6.45, 7) is 0. The monoisotopic (exact) mass is 537 g/mol. The minimum atomic E-state index is 0.0541. The first-order valence-corrected chi connectivity index (χ1v) is 11.5. The van der Waals surface area contributed by atoms with Crippen molar-refractivity contribution in [1.29, 1.82) is 0 Å². The zero-order valence-corrected chi connectivity index (χ0v) is 20.9. The van der Waals surface area contributed by atoms with Gasteiger partial charge in [-0.25, -0.2) is 5.43 Å². The number of methoxy groups -OCH3 is 1. The van der Waals surface area contributed by atoms with E-state index in [2.05, 4.69) is 36.3 Å². The molecule has 12 heteroatoms. The van der Waals surface area contributed by atoms with E-state index in [0.29, 0.717) is 44.2 Å². The van der Waals surface area contributed by atoms with Crippen LogP contribution in [-0.4, -0.2) is 39.7 Å². The number of anilines is 4. The van der Waals surface area contributed by atoms with E-state index in [1.165, 1.54) is 36.7 Å². The predicted molar refractivity (Wildman–Crippen MR) is 147 cm³/mol. The molecule has 0 saturated carbocycles. The maximum Gasteiger partial charge on any atom is 0.247 e. The summed E-state index contributed by atoms with van der Waals surface area (Å²) < 4.78 is 5.40. The Hall–Kier alpha value is -4.54. The second-order valence-corrected chi connectivity index (χ2v) is 8.25. The standard InChI is InChI=1S/C25H21Cl2N7O3/c1-37-22-5-3-2-4-21(22)30-23-12-24(33-28-13-15-6-8-17(35)10-19(15)26)32-25(31-23)34-29-14-16-7-9-18(36)11-20(16)27/h2-14,35-36H,1H3,(H3,30,31,32,33,34). The fraction of sp³-hybridized carbons (Fsp3) is 0.0400. The van der Waals surface area contributed by atoms with Crippen molar-refractivity contribution >= 4 is 58.9 Å². The number of aromatic nitrogens is 2. The molecule has 0 aliphatic carbocycles. The second-order valence-electron chi connectivity index (χ2n) is 7.44. The van der Waals surface area contributed by atoms with E-state index in [9.17, 15) is 10.2 Å². The summed E-state index contributed by atoms with van der Waals surface area (Å²) in [5.41, 5.74) is 7.49. The van der Waals surface area contributed by atoms with Gasteiger partial charge in [0.15, 0.2) is 5.82 Å². The molecule has 0 atom stereocenters. The van der Waals surface area contributed by atoms with E-state index in [1.54, 1.807) is 25.3 Å². The molecule has 1 aromatic heterocycles. The summed E-state index contributed by atoms with van der Waals surface area (Å²) in [6.07, 6.45) is 2.97. The number of hydrogen-bond donors (Lipinski definition) is 5. The SMILES string of the molecule is COc1ccccc1Nc1cc(NN=Cc2ccc(O)cc2Cl)nc(NN=Cc2ccc(O)cc2Cl)n1. The maximum atomic E-state index is 9.52. The highest BCUT2D eigenvalue weighted by molar-refractivity contribution is 6.33. The van der Waals surface area contributed by atoms with Crippen molar-refractivity contribution in [2.24, 2.45) is 10.2 Å². The molecule has 3 aromatic carbocycles. The first-order valence-electron chi connectivity index (χ1n) is 10.8. The molecule has 0 spiro atoms. The van der Waals surface area contributed by atoms with Gasteiger partial charge in [0, 0.05) is 17.2 Å². The van der Waals surface area contributed by atoms with Crippen molar-refractivity contribution in [2.75, 3.05) is 23.3 Å². The van der Waals surface area contributed by atoms with E-state index in [1.807, 2.05) is 24.3 Å². The molecule has 37 heavy (non-hydrogen) atoms. The first kappa shape index (κ1) is 25.5. The van der Waals surface area contributed by atoms with Crippen molar-refractivity contribution in [3.05, 3.63) is 87.9 Å². The number of aromatic hydroxyl groups is 2. The van der Waals surface area contributed by atoms with Crippen molar-refractivity contribution < 1.29 is 14.9 Å². The van der Waals surface area contributed by atoms with Crippen LogP contribution in [0.3, 0.4) is 0 Å². The molecule has 0 saturated heterocycles. The molecule has 0 bridgehead atoms. The number of benzene rings is 3. The molecule has 4 rings (SSSR count). The van der Waals surface area contributed by atoms with E-state index in [4.69, 9.17) is 27.9 Å². The fourth-order valence-corrected chi connectivity index (χ4v) is 3.52. The number of para-hydroxylation sites is 2. The molecule has 10 nitrogen and oxygen atoms in total. The van der Waals surface area contributed by atoms with Gasteiger partial charge in [-0.3, -0.25) is 5.43 Å². The normalized spacial score (nSPS) is 11.1. The highest BCUT2D eigenvalue weighted by Crippen LogP contribution is 2.28. The third-order valence-corrected chi connectivity index (χ3v) is 5.47. The number of ether oxygens (including phenoxy) is 1. The van der Waals surface area contributed by atoms with Crippen LogP contribution in [0.2, 0.25) is 10.0 Å². The number of rotatable bonds is 9. The lowest BCUT2D eigenvalue weighted by Crippen LogP contribution is -2.04. The number of nitrogens with one attached hydrogen (secondary N) is 3. The van der Waals surface area contributed by atoms with Crippen LogP contribution >= 0.6 is 23.2 Å². The maximum absolute atomic E-state index is 9.52. The second kappa shape index (κ2) is 11.9. The van der Waals surface area contributed by atoms with Crippen LogP contribution in [0.15, 0.2) is 76.9 Å². The van der Waals surface area contributed by atoms with Gasteiger partial charge < -0.3 is 20.3 Å². The van der Waals surface area contributed by atoms with Crippen LogP contribution in [0.25, 0.3) is 0 Å². The van der Waals surface area contributed by atoms with Gasteiger partial charge in [-0.05, 0) is 48.5 Å². The Labute approximate surface area is 222 Å². The molecule has 4 aromatic rings. The number of nitrogens with zero attached hydrogens (tertiary/aromatic N) is 4. The van der Waals surface area contributed by atoms with Gasteiger partial charge in [0.05, 0.1) is 35.3 Å². The smallest absolute Gasteiger partial charge is 0.247 e. The molecule has 0 amide bonds. The van der Waals surface area contributed by atoms with Crippen LogP contribution in [0, 0.1) is 0 Å². The molecule has 1 heterocycles. The molecule has 0 aliphatic heterocycles. The Morgan fingerprint density at radius 3 is 2.00 bits per heavy atom. The van der Waals surface area contributed by atoms with Gasteiger partial charge in [-0.15, -0.1) is 0 Å². The van der Waals surface area contributed by atoms with Crippen LogP contribution in [0.1, 0.15) is 11.1 Å². The molecule has 0 unspecified atom stereocenters. The third kappa shape index (κ3) is 7.00. The summed E-state index contributed by atoms with van der Waals surface area (Å²) in [6, 6.07) is 18.1. The molecule has 0 fully saturated rings. The molecule has 5 N–H and O–H groups in total. The molecular weight excluding hydrogens is 517 g/mol. The highest BCUT2D eigenvalue weighted by Gasteiger charge is 2.08. The average molecular weight is 538 g/mol. The zero-order chi connectivity index (χ0) is 26.2. The molecule has 0 radical (unpaired) electrons. The molecular formula is C25H21Cl2N7O3. The quantitative estimate of drug-likeness (QED) is 0.133. The Bertz CT molecular complexity index is 1380. The summed E-state index contributed by atoms with van der Waals surface area (Å²) in [5, 5.41) is 31.2. The van der Waals surface area contributed by atoms with Gasteiger partial charge in [0.1, 0.15) is 23.1 Å². The topological polar surface area (TPSA) is 136 Å². The Balaban J connectivity index is 1.58. The Morgan fingerprint density at radius 2 is 1.38 bits per heavy atom. The van der Waals surface area contributed by atoms with Crippen molar-refractivity contribution in [1.82, 2.24) is 9.97 Å². The van der Waals surface area contributed by atoms with Crippen LogP contribution in [0.4, 0.5) is 23.3 Å². The van der Waals surface area contributed by atoms with Crippen molar-refractivity contribution in [2.45, 2.75) is 0 Å². The van der Waals surface area contributed by atoms with Gasteiger partial charge in [0.25, 0.3) is 0 Å². The number of phenols is 2. The minimum absolute atomic E-state index is 0.0541. The lowest BCUT2D eigenvalue weighted by Gasteiger charge is -2.12. The van der Waals surface area contributed by atoms with Gasteiger partial charge >= 0.3 is 0 Å². The van der Waals surface area contributed by atoms with E-state index < -0.39 is 0 Å². The van der Waals surface area contributed by atoms with E-state index in [0.717, 1.165) is 0 Å². The van der Waals surface area contributed by atoms with Crippen molar-refractivity contribution in [3.8, 4) is 17.2 Å². The first-order chi connectivity index (χ1) is 17.9. The number of halogens is 2. The highest BCUT2D eigenvalue weighted by atomic mass is 35.5. The Morgan fingerprint density at radius 1 is 0.784 bits per heavy atom. The summed E-state index contributed by atoms with van der Waals surface area (Å²) in [4.78, 5) is 8.82. The average Bonchev–Trinajstić information content (AvgIpc) is 2.87.